The van der Waals surface area contributed by atoms with E-state index in [4.69, 9.17) is 4.74 Å². The Morgan fingerprint density at radius 2 is 1.92 bits per heavy atom. The molecule has 1 aromatic carbocycles. The maximum absolute atomic E-state index is 12.5. The first kappa shape index (κ1) is 19.9. The molecule has 0 spiro atoms. The number of rotatable bonds is 8. The van der Waals surface area contributed by atoms with Gasteiger partial charge in [0.1, 0.15) is 0 Å². The predicted octanol–water partition coefficient (Wildman–Crippen LogP) is 1.77. The summed E-state index contributed by atoms with van der Waals surface area (Å²) in [5.41, 5.74) is 0.786. The van der Waals surface area contributed by atoms with Gasteiger partial charge in [0.25, 0.3) is 0 Å². The average molecular weight is 368 g/mol. The van der Waals surface area contributed by atoms with Crippen LogP contribution in [0.2, 0.25) is 0 Å². The molecule has 1 unspecified atom stereocenters. The van der Waals surface area contributed by atoms with Crippen LogP contribution in [0.1, 0.15) is 31.7 Å². The van der Waals surface area contributed by atoms with Crippen LogP contribution < -0.4 is 5.32 Å². The fraction of sp³-hybridized carbons (Fsp3) is 0.611. The average Bonchev–Trinajstić information content (AvgIpc) is 2.60. The molecular weight excluding hydrogens is 340 g/mol. The molecule has 0 aliphatic carbocycles. The summed E-state index contributed by atoms with van der Waals surface area (Å²) in [5, 5.41) is 2.99. The van der Waals surface area contributed by atoms with E-state index < -0.39 is 10.0 Å². The second-order valence-corrected chi connectivity index (χ2v) is 8.58. The van der Waals surface area contributed by atoms with Crippen LogP contribution in [-0.2, 0) is 25.3 Å². The summed E-state index contributed by atoms with van der Waals surface area (Å²) in [4.78, 5) is 12.3. The normalized spacial score (nSPS) is 18.0. The number of nitrogens with zero attached hydrogens (tertiary/aromatic N) is 1. The highest BCUT2D eigenvalue weighted by atomic mass is 32.2. The first-order valence-electron chi connectivity index (χ1n) is 8.73. The molecule has 140 valence electrons. The molecule has 1 aromatic rings. The van der Waals surface area contributed by atoms with Crippen molar-refractivity contribution in [3.63, 3.8) is 0 Å². The largest absolute Gasteiger partial charge is 0.385 e. The maximum Gasteiger partial charge on any atom is 0.223 e. The molecular formula is C18H28N2O4S. The number of methoxy groups -OCH3 is 1. The van der Waals surface area contributed by atoms with Crippen molar-refractivity contribution in [2.24, 2.45) is 5.92 Å². The van der Waals surface area contributed by atoms with Crippen LogP contribution >= 0.6 is 0 Å². The lowest BCUT2D eigenvalue weighted by molar-refractivity contribution is -0.126. The lowest BCUT2D eigenvalue weighted by Crippen LogP contribution is -2.45. The zero-order chi connectivity index (χ0) is 18.3. The summed E-state index contributed by atoms with van der Waals surface area (Å²) >= 11 is 0. The summed E-state index contributed by atoms with van der Waals surface area (Å²) < 4.78 is 31.6. The van der Waals surface area contributed by atoms with Crippen molar-refractivity contribution >= 4 is 15.9 Å². The Kier molecular flexibility index (Phi) is 7.40. The molecule has 1 atom stereocenters. The number of hydrogen-bond acceptors (Lipinski definition) is 4. The van der Waals surface area contributed by atoms with E-state index in [1.165, 1.54) is 4.31 Å². The third-order valence-corrected chi connectivity index (χ3v) is 6.40. The molecule has 1 aliphatic heterocycles. The molecule has 1 fully saturated rings. The van der Waals surface area contributed by atoms with E-state index >= 15 is 0 Å². The summed E-state index contributed by atoms with van der Waals surface area (Å²) in [5.74, 6) is -0.0875. The van der Waals surface area contributed by atoms with E-state index in [9.17, 15) is 13.2 Å². The smallest absolute Gasteiger partial charge is 0.223 e. The van der Waals surface area contributed by atoms with Crippen LogP contribution in [0.5, 0.6) is 0 Å². The van der Waals surface area contributed by atoms with Crippen molar-refractivity contribution in [1.82, 2.24) is 9.62 Å². The SMILES string of the molecule is COCCC(C)NC(=O)C1CCN(S(=O)(=O)Cc2ccccc2)CC1. The highest BCUT2D eigenvalue weighted by Gasteiger charge is 2.31. The first-order valence-corrected chi connectivity index (χ1v) is 10.3. The molecule has 1 heterocycles. The number of sulfonamides is 1. The second kappa shape index (κ2) is 9.31. The fourth-order valence-electron chi connectivity index (χ4n) is 3.00. The molecule has 1 aliphatic rings. The molecule has 0 aromatic heterocycles. The van der Waals surface area contributed by atoms with E-state index in [0.29, 0.717) is 32.5 Å². The molecule has 1 saturated heterocycles. The maximum atomic E-state index is 12.5. The zero-order valence-electron chi connectivity index (χ0n) is 15.0. The van der Waals surface area contributed by atoms with Crippen molar-refractivity contribution in [3.05, 3.63) is 35.9 Å². The Morgan fingerprint density at radius 3 is 2.52 bits per heavy atom. The summed E-state index contributed by atoms with van der Waals surface area (Å²) in [6.45, 7) is 3.37. The topological polar surface area (TPSA) is 75.7 Å². The number of ether oxygens (including phenoxy) is 1. The number of piperidine rings is 1. The number of carbonyl (C=O) groups excluding carboxylic acids is 1. The van der Waals surface area contributed by atoms with Gasteiger partial charge < -0.3 is 10.1 Å². The van der Waals surface area contributed by atoms with Crippen LogP contribution in [-0.4, -0.2) is 51.5 Å². The van der Waals surface area contributed by atoms with Gasteiger partial charge in [-0.15, -0.1) is 0 Å². The van der Waals surface area contributed by atoms with Gasteiger partial charge in [0.05, 0.1) is 5.75 Å². The predicted molar refractivity (Wildman–Crippen MR) is 97.5 cm³/mol. The highest BCUT2D eigenvalue weighted by molar-refractivity contribution is 7.88. The van der Waals surface area contributed by atoms with Gasteiger partial charge in [-0.05, 0) is 31.7 Å². The quantitative estimate of drug-likeness (QED) is 0.759. The van der Waals surface area contributed by atoms with E-state index in [1.807, 2.05) is 37.3 Å². The fourth-order valence-corrected chi connectivity index (χ4v) is 4.56. The zero-order valence-corrected chi connectivity index (χ0v) is 15.8. The Hall–Kier alpha value is -1.44. The highest BCUT2D eigenvalue weighted by Crippen LogP contribution is 2.22. The molecule has 1 amide bonds. The van der Waals surface area contributed by atoms with Gasteiger partial charge in [-0.2, -0.15) is 0 Å². The lowest BCUT2D eigenvalue weighted by Gasteiger charge is -2.31. The first-order chi connectivity index (χ1) is 11.9. The van der Waals surface area contributed by atoms with E-state index in [2.05, 4.69) is 5.32 Å². The lowest BCUT2D eigenvalue weighted by atomic mass is 9.97. The minimum absolute atomic E-state index is 0.0127. The minimum atomic E-state index is -3.34. The summed E-state index contributed by atoms with van der Waals surface area (Å²) in [7, 11) is -1.70. The summed E-state index contributed by atoms with van der Waals surface area (Å²) in [6.07, 6.45) is 1.90. The van der Waals surface area contributed by atoms with Crippen molar-refractivity contribution in [2.75, 3.05) is 26.8 Å². The number of benzene rings is 1. The van der Waals surface area contributed by atoms with Crippen molar-refractivity contribution in [1.29, 1.82) is 0 Å². The molecule has 0 bridgehead atoms. The van der Waals surface area contributed by atoms with Gasteiger partial charge >= 0.3 is 0 Å². The number of hydrogen-bond donors (Lipinski definition) is 1. The van der Waals surface area contributed by atoms with Gasteiger partial charge in [-0.25, -0.2) is 12.7 Å². The van der Waals surface area contributed by atoms with Crippen LogP contribution in [0.4, 0.5) is 0 Å². The Bertz CT molecular complexity index is 640. The molecule has 0 saturated carbocycles. The Labute approximate surface area is 150 Å². The molecule has 0 radical (unpaired) electrons. The van der Waals surface area contributed by atoms with Gasteiger partial charge in [0, 0.05) is 38.8 Å². The standard InChI is InChI=1S/C18H28N2O4S/c1-15(10-13-24-2)19-18(21)17-8-11-20(12-9-17)25(22,23)14-16-6-4-3-5-7-16/h3-7,15,17H,8-14H2,1-2H3,(H,19,21). The van der Waals surface area contributed by atoms with Gasteiger partial charge in [0.2, 0.25) is 15.9 Å². The molecule has 7 heteroatoms. The monoisotopic (exact) mass is 368 g/mol. The number of amides is 1. The van der Waals surface area contributed by atoms with Crippen molar-refractivity contribution < 1.29 is 17.9 Å². The van der Waals surface area contributed by atoms with Crippen LogP contribution in [0.3, 0.4) is 0 Å². The Balaban J connectivity index is 1.83. The molecule has 25 heavy (non-hydrogen) atoms. The minimum Gasteiger partial charge on any atom is -0.385 e. The van der Waals surface area contributed by atoms with Crippen molar-refractivity contribution in [2.45, 2.75) is 38.0 Å². The second-order valence-electron chi connectivity index (χ2n) is 6.61. The van der Waals surface area contributed by atoms with E-state index in [1.54, 1.807) is 7.11 Å². The number of nitrogens with one attached hydrogen (secondary N) is 1. The third kappa shape index (κ3) is 6.09. The van der Waals surface area contributed by atoms with Crippen LogP contribution in [0.25, 0.3) is 0 Å². The Morgan fingerprint density at radius 1 is 1.28 bits per heavy atom. The third-order valence-electron chi connectivity index (χ3n) is 4.55. The van der Waals surface area contributed by atoms with Gasteiger partial charge in [-0.1, -0.05) is 30.3 Å². The summed E-state index contributed by atoms with van der Waals surface area (Å²) in [6, 6.07) is 9.25. The molecule has 6 nitrogen and oxygen atoms in total. The van der Waals surface area contributed by atoms with E-state index in [-0.39, 0.29) is 23.6 Å². The number of carbonyl (C=O) groups is 1. The van der Waals surface area contributed by atoms with Crippen LogP contribution in [0.15, 0.2) is 30.3 Å². The van der Waals surface area contributed by atoms with Crippen molar-refractivity contribution in [3.8, 4) is 0 Å². The van der Waals surface area contributed by atoms with E-state index in [0.717, 1.165) is 12.0 Å². The molecule has 2 rings (SSSR count). The molecule has 1 N–H and O–H groups in total. The van der Waals surface area contributed by atoms with Gasteiger partial charge in [-0.3, -0.25) is 4.79 Å². The van der Waals surface area contributed by atoms with Crippen LogP contribution in [0, 0.1) is 5.92 Å². The van der Waals surface area contributed by atoms with Gasteiger partial charge in [0.15, 0.2) is 0 Å².